The Kier molecular flexibility index (Phi) is 4.14. The molecule has 0 atom stereocenters. The van der Waals surface area contributed by atoms with E-state index in [1.54, 1.807) is 13.2 Å². The molecular weight excluding hydrogens is 236 g/mol. The number of carbonyl (C=O) groups excluding carboxylic acids is 1. The van der Waals surface area contributed by atoms with Gasteiger partial charge in [0.1, 0.15) is 5.75 Å². The van der Waals surface area contributed by atoms with Crippen LogP contribution in [0.1, 0.15) is 21.5 Å². The van der Waals surface area contributed by atoms with E-state index in [1.165, 1.54) is 0 Å². The van der Waals surface area contributed by atoms with Crippen LogP contribution in [0.5, 0.6) is 5.75 Å². The lowest BCUT2D eigenvalue weighted by Gasteiger charge is -2.11. The Morgan fingerprint density at radius 2 is 1.89 bits per heavy atom. The van der Waals surface area contributed by atoms with Gasteiger partial charge in [0, 0.05) is 17.5 Å². The van der Waals surface area contributed by atoms with Crippen molar-refractivity contribution >= 4 is 11.9 Å². The van der Waals surface area contributed by atoms with Crippen LogP contribution >= 0.6 is 0 Å². The van der Waals surface area contributed by atoms with Gasteiger partial charge < -0.3 is 4.74 Å². The second-order valence-corrected chi connectivity index (χ2v) is 4.20. The molecular formula is C17H16O2. The Morgan fingerprint density at radius 3 is 2.53 bits per heavy atom. The lowest BCUT2D eigenvalue weighted by Crippen LogP contribution is -2.06. The normalized spacial score (nSPS) is 9.95. The van der Waals surface area contributed by atoms with E-state index in [1.807, 2.05) is 48.5 Å². The number of methoxy groups -OCH3 is 1. The van der Waals surface area contributed by atoms with Gasteiger partial charge in [-0.05, 0) is 11.6 Å². The number of benzene rings is 2. The lowest BCUT2D eigenvalue weighted by molar-refractivity contribution is 0.0992. The summed E-state index contributed by atoms with van der Waals surface area (Å²) in [5, 5.41) is 0. The molecule has 0 saturated heterocycles. The molecule has 0 saturated carbocycles. The minimum Gasteiger partial charge on any atom is -0.496 e. The largest absolute Gasteiger partial charge is 0.496 e. The van der Waals surface area contributed by atoms with Gasteiger partial charge in [0.05, 0.1) is 7.11 Å². The Hall–Kier alpha value is -2.35. The van der Waals surface area contributed by atoms with Crippen LogP contribution in [0.2, 0.25) is 0 Å². The van der Waals surface area contributed by atoms with Crippen LogP contribution in [0.3, 0.4) is 0 Å². The van der Waals surface area contributed by atoms with Crippen molar-refractivity contribution in [3.05, 3.63) is 71.8 Å². The lowest BCUT2D eigenvalue weighted by atomic mass is 9.98. The zero-order valence-electron chi connectivity index (χ0n) is 10.9. The van der Waals surface area contributed by atoms with Crippen molar-refractivity contribution < 1.29 is 9.53 Å². The highest BCUT2D eigenvalue weighted by atomic mass is 16.5. The quantitative estimate of drug-likeness (QED) is 0.757. The molecule has 19 heavy (non-hydrogen) atoms. The summed E-state index contributed by atoms with van der Waals surface area (Å²) < 4.78 is 5.32. The van der Waals surface area contributed by atoms with Gasteiger partial charge >= 0.3 is 0 Å². The summed E-state index contributed by atoms with van der Waals surface area (Å²) in [5.41, 5.74) is 2.53. The Morgan fingerprint density at radius 1 is 1.16 bits per heavy atom. The minimum absolute atomic E-state index is 0.0770. The third kappa shape index (κ3) is 2.91. The fourth-order valence-corrected chi connectivity index (χ4v) is 2.04. The molecule has 2 aromatic carbocycles. The van der Waals surface area contributed by atoms with Gasteiger partial charge in [0.15, 0.2) is 5.78 Å². The van der Waals surface area contributed by atoms with Gasteiger partial charge in [0.2, 0.25) is 0 Å². The SMILES string of the molecule is C=Cc1cccc(OC)c1CC(=O)c1ccccc1. The predicted octanol–water partition coefficient (Wildman–Crippen LogP) is 3.76. The van der Waals surface area contributed by atoms with Crippen molar-refractivity contribution in [2.75, 3.05) is 7.11 Å². The van der Waals surface area contributed by atoms with Crippen LogP contribution < -0.4 is 4.74 Å². The topological polar surface area (TPSA) is 26.3 Å². The van der Waals surface area contributed by atoms with Gasteiger partial charge in [0.25, 0.3) is 0 Å². The Labute approximate surface area is 113 Å². The number of ketones is 1. The standard InChI is InChI=1S/C17H16O2/c1-3-13-10-7-11-17(19-2)15(13)12-16(18)14-8-5-4-6-9-14/h3-11H,1,12H2,2H3. The summed E-state index contributed by atoms with van der Waals surface area (Å²) >= 11 is 0. The number of hydrogen-bond donors (Lipinski definition) is 0. The van der Waals surface area contributed by atoms with E-state index in [0.717, 1.165) is 16.9 Å². The molecule has 0 radical (unpaired) electrons. The van der Waals surface area contributed by atoms with Crippen LogP contribution in [0.25, 0.3) is 6.08 Å². The highest BCUT2D eigenvalue weighted by Gasteiger charge is 2.13. The van der Waals surface area contributed by atoms with E-state index in [9.17, 15) is 4.79 Å². The maximum atomic E-state index is 12.3. The number of carbonyl (C=O) groups is 1. The molecule has 96 valence electrons. The van der Waals surface area contributed by atoms with Gasteiger partial charge in [-0.3, -0.25) is 4.79 Å². The van der Waals surface area contributed by atoms with E-state index >= 15 is 0 Å². The summed E-state index contributed by atoms with van der Waals surface area (Å²) in [6, 6.07) is 15.0. The first kappa shape index (κ1) is 13.1. The van der Waals surface area contributed by atoms with Crippen molar-refractivity contribution in [2.45, 2.75) is 6.42 Å². The number of rotatable bonds is 5. The van der Waals surface area contributed by atoms with Crippen molar-refractivity contribution in [1.29, 1.82) is 0 Å². The van der Waals surface area contributed by atoms with Crippen molar-refractivity contribution in [3.63, 3.8) is 0 Å². The van der Waals surface area contributed by atoms with E-state index in [4.69, 9.17) is 4.74 Å². The molecule has 0 N–H and O–H groups in total. The molecule has 0 aliphatic rings. The fourth-order valence-electron chi connectivity index (χ4n) is 2.04. The minimum atomic E-state index is 0.0770. The van der Waals surface area contributed by atoms with Gasteiger partial charge in [-0.2, -0.15) is 0 Å². The monoisotopic (exact) mass is 252 g/mol. The fraction of sp³-hybridized carbons (Fsp3) is 0.118. The smallest absolute Gasteiger partial charge is 0.167 e. The second kappa shape index (κ2) is 6.01. The average molecular weight is 252 g/mol. The first-order valence-corrected chi connectivity index (χ1v) is 6.13. The second-order valence-electron chi connectivity index (χ2n) is 4.20. The molecule has 0 aromatic heterocycles. The summed E-state index contributed by atoms with van der Waals surface area (Å²) in [4.78, 5) is 12.3. The maximum Gasteiger partial charge on any atom is 0.167 e. The average Bonchev–Trinajstić information content (AvgIpc) is 2.48. The number of hydrogen-bond acceptors (Lipinski definition) is 2. The van der Waals surface area contributed by atoms with Crippen LogP contribution in [-0.4, -0.2) is 12.9 Å². The molecule has 0 unspecified atom stereocenters. The molecule has 0 bridgehead atoms. The van der Waals surface area contributed by atoms with Crippen molar-refractivity contribution in [2.24, 2.45) is 0 Å². The highest BCUT2D eigenvalue weighted by Crippen LogP contribution is 2.24. The molecule has 0 amide bonds. The van der Waals surface area contributed by atoms with Gasteiger partial charge in [-0.1, -0.05) is 55.1 Å². The van der Waals surface area contributed by atoms with E-state index in [2.05, 4.69) is 6.58 Å². The molecule has 2 aromatic rings. The van der Waals surface area contributed by atoms with E-state index in [-0.39, 0.29) is 5.78 Å². The third-order valence-corrected chi connectivity index (χ3v) is 3.04. The third-order valence-electron chi connectivity index (χ3n) is 3.04. The van der Waals surface area contributed by atoms with Crippen LogP contribution in [0.15, 0.2) is 55.1 Å². The first-order chi connectivity index (χ1) is 9.26. The van der Waals surface area contributed by atoms with Gasteiger partial charge in [-0.15, -0.1) is 0 Å². The maximum absolute atomic E-state index is 12.3. The highest BCUT2D eigenvalue weighted by molar-refractivity contribution is 5.98. The molecule has 0 aliphatic carbocycles. The summed E-state index contributed by atoms with van der Waals surface area (Å²) in [6.07, 6.45) is 2.06. The number of ether oxygens (including phenoxy) is 1. The molecule has 2 rings (SSSR count). The van der Waals surface area contributed by atoms with Crippen molar-refractivity contribution in [1.82, 2.24) is 0 Å². The molecule has 0 spiro atoms. The van der Waals surface area contributed by atoms with Crippen LogP contribution in [0.4, 0.5) is 0 Å². The summed E-state index contributed by atoms with van der Waals surface area (Å²) in [5.74, 6) is 0.801. The van der Waals surface area contributed by atoms with Crippen LogP contribution in [-0.2, 0) is 6.42 Å². The van der Waals surface area contributed by atoms with Crippen LogP contribution in [0, 0.1) is 0 Å². The summed E-state index contributed by atoms with van der Waals surface area (Å²) in [7, 11) is 1.61. The molecule has 0 heterocycles. The Bertz CT molecular complexity index is 585. The van der Waals surface area contributed by atoms with E-state index in [0.29, 0.717) is 12.0 Å². The molecule has 2 nitrogen and oxygen atoms in total. The zero-order valence-corrected chi connectivity index (χ0v) is 10.9. The predicted molar refractivity (Wildman–Crippen MR) is 77.6 cm³/mol. The molecule has 0 fully saturated rings. The number of Topliss-reactive ketones (excluding diaryl/α,β-unsaturated/α-hetero) is 1. The van der Waals surface area contributed by atoms with Gasteiger partial charge in [-0.25, -0.2) is 0 Å². The first-order valence-electron chi connectivity index (χ1n) is 6.13. The van der Waals surface area contributed by atoms with Crippen molar-refractivity contribution in [3.8, 4) is 5.75 Å². The molecule has 2 heteroatoms. The zero-order chi connectivity index (χ0) is 13.7. The summed E-state index contributed by atoms with van der Waals surface area (Å²) in [6.45, 7) is 3.78. The van der Waals surface area contributed by atoms with E-state index < -0.39 is 0 Å². The molecule has 0 aliphatic heterocycles. The Balaban J connectivity index is 2.33.